The zero-order chi connectivity index (χ0) is 25.5. The predicted octanol–water partition coefficient (Wildman–Crippen LogP) is 4.03. The molecule has 4 rings (SSSR count). The lowest BCUT2D eigenvalue weighted by Gasteiger charge is -2.40. The van der Waals surface area contributed by atoms with Crippen molar-refractivity contribution in [3.05, 3.63) is 53.5 Å². The molecular weight excluding hydrogens is 454 g/mol. The summed E-state index contributed by atoms with van der Waals surface area (Å²) in [6.07, 6.45) is 9.25. The topological polar surface area (TPSA) is 118 Å². The largest absolute Gasteiger partial charge is 0.403 e. The molecule has 9 heteroatoms. The summed E-state index contributed by atoms with van der Waals surface area (Å²) in [6, 6.07) is 8.29. The molecule has 2 amide bonds. The third-order valence-electron chi connectivity index (χ3n) is 6.40. The molecule has 0 spiro atoms. The first kappa shape index (κ1) is 25.6. The van der Waals surface area contributed by atoms with Crippen LogP contribution in [-0.4, -0.2) is 59.0 Å². The van der Waals surface area contributed by atoms with Crippen LogP contribution in [0.25, 0.3) is 11.3 Å². The Kier molecular flexibility index (Phi) is 8.53. The van der Waals surface area contributed by atoms with Gasteiger partial charge in [-0.05, 0) is 63.3 Å². The second-order valence-corrected chi connectivity index (χ2v) is 9.51. The molecule has 2 heterocycles. The van der Waals surface area contributed by atoms with Gasteiger partial charge in [-0.2, -0.15) is 0 Å². The van der Waals surface area contributed by atoms with Crippen molar-refractivity contribution >= 4 is 18.2 Å². The van der Waals surface area contributed by atoms with Crippen molar-refractivity contribution in [1.29, 1.82) is 0 Å². The summed E-state index contributed by atoms with van der Waals surface area (Å²) in [5, 5.41) is 6.38. The van der Waals surface area contributed by atoms with Crippen LogP contribution < -0.4 is 16.4 Å². The first-order chi connectivity index (χ1) is 17.5. The van der Waals surface area contributed by atoms with Gasteiger partial charge in [0.2, 0.25) is 5.95 Å². The number of aryl methyl sites for hydroxylation is 1. The molecular formula is C27H37N7O2. The van der Waals surface area contributed by atoms with Crippen LogP contribution in [0.1, 0.15) is 57.2 Å². The summed E-state index contributed by atoms with van der Waals surface area (Å²) in [5.41, 5.74) is 10.6. The van der Waals surface area contributed by atoms with E-state index >= 15 is 0 Å². The number of rotatable bonds is 8. The molecule has 0 saturated carbocycles. The Morgan fingerprint density at radius 1 is 1.31 bits per heavy atom. The number of carbonyl (C=O) groups excluding carboxylic acids is 1. The third-order valence-corrected chi connectivity index (χ3v) is 6.40. The van der Waals surface area contributed by atoms with Crippen molar-refractivity contribution < 1.29 is 9.53 Å². The number of urea groups is 1. The zero-order valence-electron chi connectivity index (χ0n) is 21.4. The van der Waals surface area contributed by atoms with Gasteiger partial charge in [0.1, 0.15) is 0 Å². The summed E-state index contributed by atoms with van der Waals surface area (Å²) in [4.78, 5) is 27.9. The Balaban J connectivity index is 1.47. The summed E-state index contributed by atoms with van der Waals surface area (Å²) in [6.45, 7) is 7.97. The lowest BCUT2D eigenvalue weighted by atomic mass is 9.95. The number of likely N-dealkylation sites (tertiary alicyclic amines) is 1. The van der Waals surface area contributed by atoms with Gasteiger partial charge in [-0.1, -0.05) is 18.6 Å². The predicted molar refractivity (Wildman–Crippen MR) is 143 cm³/mol. The van der Waals surface area contributed by atoms with Crippen LogP contribution in [0, 0.1) is 0 Å². The highest BCUT2D eigenvalue weighted by Gasteiger charge is 2.33. The normalized spacial score (nSPS) is 18.6. The average Bonchev–Trinajstić information content (AvgIpc) is 3.05. The molecule has 36 heavy (non-hydrogen) atoms. The van der Waals surface area contributed by atoms with Crippen LogP contribution in [0.4, 0.5) is 10.7 Å². The average molecular weight is 492 g/mol. The molecule has 4 N–H and O–H groups in total. The molecule has 1 unspecified atom stereocenters. The maximum Gasteiger partial charge on any atom is 0.318 e. The summed E-state index contributed by atoms with van der Waals surface area (Å²) in [7, 11) is 0. The number of allylic oxidation sites excluding steroid dienone is 1. The molecule has 1 fully saturated rings. The highest BCUT2D eigenvalue weighted by atomic mass is 16.5. The maximum absolute atomic E-state index is 12.9. The van der Waals surface area contributed by atoms with Crippen LogP contribution in [0.15, 0.2) is 47.4 Å². The number of benzene rings is 1. The minimum Gasteiger partial charge on any atom is -0.403 e. The minimum absolute atomic E-state index is 0.00634. The van der Waals surface area contributed by atoms with Crippen LogP contribution in [0.5, 0.6) is 0 Å². The van der Waals surface area contributed by atoms with Gasteiger partial charge in [-0.3, -0.25) is 4.99 Å². The first-order valence-corrected chi connectivity index (χ1v) is 12.8. The van der Waals surface area contributed by atoms with Crippen molar-refractivity contribution in [2.75, 3.05) is 25.0 Å². The molecule has 192 valence electrons. The number of aliphatic imine (C=N–C) groups is 1. The van der Waals surface area contributed by atoms with Crippen molar-refractivity contribution in [1.82, 2.24) is 20.2 Å². The first-order valence-electron chi connectivity index (χ1n) is 12.8. The van der Waals surface area contributed by atoms with Gasteiger partial charge in [0, 0.05) is 30.7 Å². The number of anilines is 1. The molecule has 1 aromatic carbocycles. The van der Waals surface area contributed by atoms with Gasteiger partial charge in [-0.15, -0.1) is 0 Å². The molecule has 9 nitrogen and oxygen atoms in total. The number of fused-ring (bicyclic) bond motifs is 1. The van der Waals surface area contributed by atoms with Crippen molar-refractivity contribution in [3.63, 3.8) is 0 Å². The van der Waals surface area contributed by atoms with E-state index < -0.39 is 0 Å². The SMILES string of the molecule is CCN=C/C(=C\N)Nc1nccc(-c2ccc3c(c2)CCCCC3NC(=O)N2CC(OC(C)C)C2)n1. The van der Waals surface area contributed by atoms with E-state index in [2.05, 4.69) is 43.8 Å². The summed E-state index contributed by atoms with van der Waals surface area (Å²) < 4.78 is 5.79. The fraction of sp³-hybridized carbons (Fsp3) is 0.481. The van der Waals surface area contributed by atoms with E-state index in [1.165, 1.54) is 17.3 Å². The number of hydrogen-bond acceptors (Lipinski definition) is 7. The Morgan fingerprint density at radius 3 is 2.89 bits per heavy atom. The van der Waals surface area contributed by atoms with E-state index in [1.54, 1.807) is 12.4 Å². The Bertz CT molecular complexity index is 1110. The van der Waals surface area contributed by atoms with Crippen LogP contribution >= 0.6 is 0 Å². The summed E-state index contributed by atoms with van der Waals surface area (Å²) >= 11 is 0. The quantitative estimate of drug-likeness (QED) is 0.379. The minimum atomic E-state index is -0.0116. The van der Waals surface area contributed by atoms with Crippen LogP contribution in [0.3, 0.4) is 0 Å². The van der Waals surface area contributed by atoms with Gasteiger partial charge in [0.25, 0.3) is 0 Å². The molecule has 1 aliphatic carbocycles. The second-order valence-electron chi connectivity index (χ2n) is 9.51. The van der Waals surface area contributed by atoms with Gasteiger partial charge in [0.15, 0.2) is 0 Å². The number of hydrogen-bond donors (Lipinski definition) is 3. The number of nitrogens with one attached hydrogen (secondary N) is 2. The molecule has 0 radical (unpaired) electrons. The number of carbonyl (C=O) groups is 1. The highest BCUT2D eigenvalue weighted by Crippen LogP contribution is 2.32. The van der Waals surface area contributed by atoms with E-state index in [-0.39, 0.29) is 24.3 Å². The van der Waals surface area contributed by atoms with Crippen molar-refractivity contribution in [2.45, 2.75) is 64.7 Å². The van der Waals surface area contributed by atoms with Gasteiger partial charge in [0.05, 0.1) is 42.7 Å². The molecule has 1 aliphatic heterocycles. The van der Waals surface area contributed by atoms with Crippen LogP contribution in [0.2, 0.25) is 0 Å². The smallest absolute Gasteiger partial charge is 0.318 e. The van der Waals surface area contributed by atoms with Gasteiger partial charge < -0.3 is 26.0 Å². The molecule has 1 atom stereocenters. The number of nitrogens with zero attached hydrogens (tertiary/aromatic N) is 4. The van der Waals surface area contributed by atoms with Crippen molar-refractivity contribution in [2.24, 2.45) is 10.7 Å². The Morgan fingerprint density at radius 2 is 2.14 bits per heavy atom. The lowest BCUT2D eigenvalue weighted by molar-refractivity contribution is -0.0644. The summed E-state index contributed by atoms with van der Waals surface area (Å²) in [5.74, 6) is 0.459. The third kappa shape index (κ3) is 6.40. The van der Waals surface area contributed by atoms with E-state index in [0.29, 0.717) is 31.3 Å². The molecule has 1 aromatic heterocycles. The second kappa shape index (κ2) is 12.0. The van der Waals surface area contributed by atoms with Gasteiger partial charge in [-0.25, -0.2) is 14.8 Å². The molecule has 2 aliphatic rings. The number of aromatic nitrogens is 2. The Hall–Kier alpha value is -3.46. The van der Waals surface area contributed by atoms with Crippen LogP contribution in [-0.2, 0) is 11.2 Å². The molecule has 1 saturated heterocycles. The number of amides is 2. The maximum atomic E-state index is 12.9. The van der Waals surface area contributed by atoms with E-state index in [4.69, 9.17) is 10.5 Å². The fourth-order valence-corrected chi connectivity index (χ4v) is 4.62. The zero-order valence-corrected chi connectivity index (χ0v) is 21.4. The lowest BCUT2D eigenvalue weighted by Crippen LogP contribution is -2.58. The molecule has 2 aromatic rings. The number of nitrogens with two attached hydrogens (primary N) is 1. The Labute approximate surface area is 213 Å². The standard InChI is InChI=1S/C27H37N7O2/c1-4-29-15-21(14-28)31-26-30-12-11-24(32-26)20-9-10-23-19(13-20)7-5-6-8-25(23)33-27(35)34-16-22(17-34)36-18(2)3/h9-15,18,22,25H,4-8,16-17,28H2,1-3H3,(H,33,35)(H,30,31,32)/b21-14+,29-15?. The van der Waals surface area contributed by atoms with E-state index in [0.717, 1.165) is 36.9 Å². The fourth-order valence-electron chi connectivity index (χ4n) is 4.62. The monoisotopic (exact) mass is 491 g/mol. The molecule has 0 bridgehead atoms. The highest BCUT2D eigenvalue weighted by molar-refractivity contribution is 5.82. The van der Waals surface area contributed by atoms with Gasteiger partial charge >= 0.3 is 6.03 Å². The van der Waals surface area contributed by atoms with E-state index in [1.807, 2.05) is 31.7 Å². The number of ether oxygens (including phenoxy) is 1. The van der Waals surface area contributed by atoms with E-state index in [9.17, 15) is 4.79 Å². The van der Waals surface area contributed by atoms with Crippen molar-refractivity contribution in [3.8, 4) is 11.3 Å².